The number of nitrogens with one attached hydrogen (secondary N) is 2. The van der Waals surface area contributed by atoms with Crippen molar-refractivity contribution in [1.82, 2.24) is 10.6 Å². The van der Waals surface area contributed by atoms with Crippen molar-refractivity contribution in [1.29, 1.82) is 0 Å². The maximum absolute atomic E-state index is 5.35. The van der Waals surface area contributed by atoms with E-state index in [1.807, 2.05) is 6.92 Å². The van der Waals surface area contributed by atoms with Crippen molar-refractivity contribution >= 4 is 5.96 Å². The number of aliphatic imine (C=N–C) groups is 1. The molecule has 20 heavy (non-hydrogen) atoms. The molecule has 0 spiro atoms. The van der Waals surface area contributed by atoms with Crippen LogP contribution in [0.25, 0.3) is 0 Å². The van der Waals surface area contributed by atoms with Gasteiger partial charge in [-0.15, -0.1) is 0 Å². The fourth-order valence-electron chi connectivity index (χ4n) is 2.80. The van der Waals surface area contributed by atoms with Gasteiger partial charge in [-0.05, 0) is 63.7 Å². The van der Waals surface area contributed by atoms with Crippen molar-refractivity contribution < 1.29 is 4.74 Å². The molecule has 0 aromatic rings. The summed E-state index contributed by atoms with van der Waals surface area (Å²) in [4.78, 5) is 4.81. The number of guanidine groups is 1. The van der Waals surface area contributed by atoms with Crippen LogP contribution >= 0.6 is 0 Å². The molecule has 0 bridgehead atoms. The number of rotatable bonds is 10. The van der Waals surface area contributed by atoms with Crippen LogP contribution in [0.4, 0.5) is 0 Å². The maximum Gasteiger partial charge on any atom is 0.191 e. The smallest absolute Gasteiger partial charge is 0.191 e. The van der Waals surface area contributed by atoms with E-state index in [0.29, 0.717) is 0 Å². The molecule has 0 unspecified atom stereocenters. The molecule has 0 saturated heterocycles. The van der Waals surface area contributed by atoms with Crippen LogP contribution in [0.15, 0.2) is 4.99 Å². The number of hydrogen-bond acceptors (Lipinski definition) is 2. The van der Waals surface area contributed by atoms with Crippen molar-refractivity contribution in [3.8, 4) is 0 Å². The molecule has 116 valence electrons. The van der Waals surface area contributed by atoms with Crippen LogP contribution in [0.1, 0.15) is 46.0 Å². The molecule has 2 aliphatic rings. The average Bonchev–Trinajstić information content (AvgIpc) is 3.31. The molecule has 4 heteroatoms. The van der Waals surface area contributed by atoms with Crippen LogP contribution in [-0.4, -0.2) is 38.8 Å². The minimum atomic E-state index is 0.804. The van der Waals surface area contributed by atoms with Gasteiger partial charge in [-0.2, -0.15) is 0 Å². The van der Waals surface area contributed by atoms with E-state index in [1.165, 1.54) is 25.7 Å². The van der Waals surface area contributed by atoms with E-state index in [0.717, 1.165) is 63.0 Å². The third kappa shape index (κ3) is 5.70. The fraction of sp³-hybridized carbons (Fsp3) is 0.938. The summed E-state index contributed by atoms with van der Waals surface area (Å²) in [6, 6.07) is 0. The summed E-state index contributed by atoms with van der Waals surface area (Å²) in [6.45, 7) is 8.66. The van der Waals surface area contributed by atoms with Crippen molar-refractivity contribution in [2.75, 3.05) is 32.8 Å². The standard InChI is InChI=1S/C16H31N3O/c1-3-17-16(18-10-5-11-20-4-2)19-12-15(13-6-7-13)14-8-9-14/h13-15H,3-12H2,1-2H3,(H2,17,18,19). The Bertz CT molecular complexity index is 286. The minimum absolute atomic E-state index is 0.804. The quantitative estimate of drug-likeness (QED) is 0.367. The second-order valence-electron chi connectivity index (χ2n) is 6.04. The van der Waals surface area contributed by atoms with E-state index in [2.05, 4.69) is 17.6 Å². The largest absolute Gasteiger partial charge is 0.382 e. The van der Waals surface area contributed by atoms with Gasteiger partial charge in [-0.1, -0.05) is 0 Å². The topological polar surface area (TPSA) is 45.7 Å². The molecule has 0 aromatic heterocycles. The lowest BCUT2D eigenvalue weighted by Crippen LogP contribution is -2.38. The van der Waals surface area contributed by atoms with Crippen molar-refractivity contribution in [3.63, 3.8) is 0 Å². The fourth-order valence-corrected chi connectivity index (χ4v) is 2.80. The van der Waals surface area contributed by atoms with Gasteiger partial charge in [0.05, 0.1) is 0 Å². The van der Waals surface area contributed by atoms with Gasteiger partial charge in [0.1, 0.15) is 0 Å². The van der Waals surface area contributed by atoms with Crippen molar-refractivity contribution in [2.45, 2.75) is 46.0 Å². The third-order valence-electron chi connectivity index (χ3n) is 4.22. The minimum Gasteiger partial charge on any atom is -0.382 e. The van der Waals surface area contributed by atoms with Gasteiger partial charge in [0, 0.05) is 32.8 Å². The highest BCUT2D eigenvalue weighted by atomic mass is 16.5. The second kappa shape index (κ2) is 8.50. The normalized spacial score (nSPS) is 19.4. The van der Waals surface area contributed by atoms with Gasteiger partial charge in [0.2, 0.25) is 0 Å². The van der Waals surface area contributed by atoms with Gasteiger partial charge in [0.25, 0.3) is 0 Å². The molecule has 0 atom stereocenters. The Kier molecular flexibility index (Phi) is 6.64. The summed E-state index contributed by atoms with van der Waals surface area (Å²) in [5.74, 6) is 3.79. The van der Waals surface area contributed by atoms with E-state index < -0.39 is 0 Å². The Balaban J connectivity index is 1.69. The van der Waals surface area contributed by atoms with Gasteiger partial charge in [-0.25, -0.2) is 0 Å². The summed E-state index contributed by atoms with van der Waals surface area (Å²) < 4.78 is 5.35. The Morgan fingerprint density at radius 1 is 1.15 bits per heavy atom. The first-order valence-electron chi connectivity index (χ1n) is 8.45. The average molecular weight is 281 g/mol. The molecule has 0 aliphatic heterocycles. The Labute approximate surface area is 123 Å². The monoisotopic (exact) mass is 281 g/mol. The lowest BCUT2D eigenvalue weighted by atomic mass is 9.98. The summed E-state index contributed by atoms with van der Waals surface area (Å²) in [7, 11) is 0. The summed E-state index contributed by atoms with van der Waals surface area (Å²) in [6.07, 6.45) is 6.79. The van der Waals surface area contributed by atoms with E-state index in [1.54, 1.807) is 0 Å². The van der Waals surface area contributed by atoms with Gasteiger partial charge >= 0.3 is 0 Å². The first-order chi connectivity index (χ1) is 9.85. The molecule has 4 nitrogen and oxygen atoms in total. The Morgan fingerprint density at radius 3 is 2.40 bits per heavy atom. The molecular formula is C16H31N3O. The molecule has 2 aliphatic carbocycles. The lowest BCUT2D eigenvalue weighted by molar-refractivity contribution is 0.145. The van der Waals surface area contributed by atoms with Crippen LogP contribution in [-0.2, 0) is 4.74 Å². The summed E-state index contributed by atoms with van der Waals surface area (Å²) >= 11 is 0. The van der Waals surface area contributed by atoms with E-state index in [4.69, 9.17) is 9.73 Å². The zero-order chi connectivity index (χ0) is 14.2. The maximum atomic E-state index is 5.35. The summed E-state index contributed by atoms with van der Waals surface area (Å²) in [5, 5.41) is 6.76. The Morgan fingerprint density at radius 2 is 1.85 bits per heavy atom. The van der Waals surface area contributed by atoms with Crippen LogP contribution < -0.4 is 10.6 Å². The highest BCUT2D eigenvalue weighted by Gasteiger charge is 2.41. The Hall–Kier alpha value is -0.770. The van der Waals surface area contributed by atoms with Gasteiger partial charge < -0.3 is 15.4 Å². The lowest BCUT2D eigenvalue weighted by Gasteiger charge is -2.15. The zero-order valence-electron chi connectivity index (χ0n) is 13.2. The number of hydrogen-bond donors (Lipinski definition) is 2. The molecule has 2 fully saturated rings. The molecule has 0 radical (unpaired) electrons. The second-order valence-corrected chi connectivity index (χ2v) is 6.04. The first-order valence-corrected chi connectivity index (χ1v) is 8.45. The molecule has 2 saturated carbocycles. The van der Waals surface area contributed by atoms with Gasteiger partial charge in [-0.3, -0.25) is 4.99 Å². The highest BCUT2D eigenvalue weighted by Crippen LogP contribution is 2.49. The predicted molar refractivity (Wildman–Crippen MR) is 84.0 cm³/mol. The third-order valence-corrected chi connectivity index (χ3v) is 4.22. The van der Waals surface area contributed by atoms with Crippen molar-refractivity contribution in [2.24, 2.45) is 22.7 Å². The highest BCUT2D eigenvalue weighted by molar-refractivity contribution is 5.79. The molecule has 2 N–H and O–H groups in total. The molecule has 0 amide bonds. The van der Waals surface area contributed by atoms with E-state index in [-0.39, 0.29) is 0 Å². The molecule has 0 heterocycles. The van der Waals surface area contributed by atoms with Crippen LogP contribution in [0.5, 0.6) is 0 Å². The van der Waals surface area contributed by atoms with Gasteiger partial charge in [0.15, 0.2) is 5.96 Å². The number of nitrogens with zero attached hydrogens (tertiary/aromatic N) is 1. The van der Waals surface area contributed by atoms with Crippen molar-refractivity contribution in [3.05, 3.63) is 0 Å². The zero-order valence-corrected chi connectivity index (χ0v) is 13.2. The van der Waals surface area contributed by atoms with Crippen LogP contribution in [0, 0.1) is 17.8 Å². The first kappa shape index (κ1) is 15.6. The van der Waals surface area contributed by atoms with E-state index >= 15 is 0 Å². The number of ether oxygens (including phenoxy) is 1. The predicted octanol–water partition coefficient (Wildman–Crippen LogP) is 2.40. The SMILES string of the molecule is CCNC(=NCC(C1CC1)C1CC1)NCCCOCC. The molecule has 2 rings (SSSR count). The van der Waals surface area contributed by atoms with Crippen LogP contribution in [0.3, 0.4) is 0 Å². The molecule has 0 aromatic carbocycles. The van der Waals surface area contributed by atoms with Crippen LogP contribution in [0.2, 0.25) is 0 Å². The summed E-state index contributed by atoms with van der Waals surface area (Å²) in [5.41, 5.74) is 0. The molecular weight excluding hydrogens is 250 g/mol. The van der Waals surface area contributed by atoms with E-state index in [9.17, 15) is 0 Å².